The number of halogens is 2. The fourth-order valence-corrected chi connectivity index (χ4v) is 5.03. The molecule has 1 unspecified atom stereocenters. The largest absolute Gasteiger partial charge is 0.325 e. The summed E-state index contributed by atoms with van der Waals surface area (Å²) >= 11 is 7.43. The van der Waals surface area contributed by atoms with Crippen LogP contribution in [0, 0.1) is 22.9 Å². The van der Waals surface area contributed by atoms with Crippen molar-refractivity contribution in [2.24, 2.45) is 0 Å². The number of anilines is 2. The first-order valence-corrected chi connectivity index (χ1v) is 14.4. The Labute approximate surface area is 261 Å². The van der Waals surface area contributed by atoms with Crippen LogP contribution in [0.1, 0.15) is 28.4 Å². The number of nitro groups is 1. The van der Waals surface area contributed by atoms with E-state index >= 15 is 0 Å². The molecule has 0 aliphatic heterocycles. The smallest absolute Gasteiger partial charge is 0.272 e. The van der Waals surface area contributed by atoms with Crippen molar-refractivity contribution in [3.05, 3.63) is 134 Å². The molecule has 224 valence electrons. The molecule has 1 atom stereocenters. The average molecular weight is 633 g/mol. The first-order chi connectivity index (χ1) is 21.0. The Balaban J connectivity index is 1.45. The fourth-order valence-electron chi connectivity index (χ4n) is 3.94. The lowest BCUT2D eigenvalue weighted by atomic mass is 10.1. The molecular formula is C32H26ClFN4O5S. The van der Waals surface area contributed by atoms with Crippen LogP contribution in [-0.2, 0) is 9.59 Å². The van der Waals surface area contributed by atoms with Crippen LogP contribution in [0.2, 0.25) is 5.02 Å². The van der Waals surface area contributed by atoms with Gasteiger partial charge in [-0.1, -0.05) is 35.9 Å². The molecule has 0 fully saturated rings. The molecule has 0 aliphatic carbocycles. The zero-order valence-electron chi connectivity index (χ0n) is 23.5. The van der Waals surface area contributed by atoms with E-state index < -0.39 is 27.8 Å². The van der Waals surface area contributed by atoms with E-state index in [4.69, 9.17) is 11.6 Å². The molecule has 9 nitrogen and oxygen atoms in total. The van der Waals surface area contributed by atoms with Crippen LogP contribution in [0.5, 0.6) is 0 Å². The molecule has 0 heterocycles. The molecule has 44 heavy (non-hydrogen) atoms. The summed E-state index contributed by atoms with van der Waals surface area (Å²) in [4.78, 5) is 50.1. The van der Waals surface area contributed by atoms with E-state index in [2.05, 4.69) is 16.0 Å². The second-order valence-electron chi connectivity index (χ2n) is 9.50. The Morgan fingerprint density at radius 2 is 1.66 bits per heavy atom. The number of rotatable bonds is 10. The summed E-state index contributed by atoms with van der Waals surface area (Å²) in [6, 6.07) is 23.2. The molecule has 12 heteroatoms. The average Bonchev–Trinajstić information content (AvgIpc) is 3.00. The molecule has 0 saturated carbocycles. The summed E-state index contributed by atoms with van der Waals surface area (Å²) in [6.07, 6.45) is 1.17. The van der Waals surface area contributed by atoms with Gasteiger partial charge in [-0.25, -0.2) is 4.39 Å². The zero-order chi connectivity index (χ0) is 31.8. The maximum absolute atomic E-state index is 14.5. The third-order valence-electron chi connectivity index (χ3n) is 6.29. The van der Waals surface area contributed by atoms with Gasteiger partial charge in [0.25, 0.3) is 17.5 Å². The lowest BCUT2D eigenvalue weighted by Crippen LogP contribution is -2.30. The Morgan fingerprint density at radius 3 is 2.30 bits per heavy atom. The number of aryl methyl sites for hydroxylation is 1. The van der Waals surface area contributed by atoms with Gasteiger partial charge in [0.1, 0.15) is 11.5 Å². The monoisotopic (exact) mass is 632 g/mol. The number of hydrogen-bond donors (Lipinski definition) is 3. The predicted molar refractivity (Wildman–Crippen MR) is 170 cm³/mol. The van der Waals surface area contributed by atoms with Crippen molar-refractivity contribution < 1.29 is 23.7 Å². The van der Waals surface area contributed by atoms with Crippen LogP contribution in [0.15, 0.2) is 102 Å². The molecular weight excluding hydrogens is 607 g/mol. The highest BCUT2D eigenvalue weighted by Gasteiger charge is 2.19. The number of benzene rings is 4. The molecule has 0 aliphatic rings. The van der Waals surface area contributed by atoms with Crippen molar-refractivity contribution in [1.29, 1.82) is 0 Å². The molecule has 0 aromatic heterocycles. The van der Waals surface area contributed by atoms with E-state index in [1.54, 1.807) is 68.4 Å². The van der Waals surface area contributed by atoms with Gasteiger partial charge in [0.2, 0.25) is 5.91 Å². The Hall–Kier alpha value is -5.00. The summed E-state index contributed by atoms with van der Waals surface area (Å²) in [6.45, 7) is 3.39. The Bertz CT molecular complexity index is 1730. The molecule has 4 aromatic carbocycles. The second-order valence-corrected chi connectivity index (χ2v) is 11.3. The van der Waals surface area contributed by atoms with Gasteiger partial charge in [-0.3, -0.25) is 24.5 Å². The molecule has 3 amide bonds. The SMILES string of the molecule is Cc1cc([N+](=O)[O-])ccc1NC(=O)C(C)Sc1ccc(NC(=O)/C(=C/c2c(F)cccc2Cl)NC(=O)c2ccccc2)cc1. The minimum atomic E-state index is -0.708. The number of non-ortho nitro benzene ring substituents is 1. The van der Waals surface area contributed by atoms with E-state index in [-0.39, 0.29) is 27.9 Å². The topological polar surface area (TPSA) is 130 Å². The zero-order valence-corrected chi connectivity index (χ0v) is 25.0. The van der Waals surface area contributed by atoms with Crippen molar-refractivity contribution in [2.75, 3.05) is 10.6 Å². The van der Waals surface area contributed by atoms with Gasteiger partial charge in [0, 0.05) is 39.5 Å². The highest BCUT2D eigenvalue weighted by molar-refractivity contribution is 8.00. The summed E-state index contributed by atoms with van der Waals surface area (Å²) in [5.74, 6) is -2.23. The highest BCUT2D eigenvalue weighted by Crippen LogP contribution is 2.28. The molecule has 0 saturated heterocycles. The van der Waals surface area contributed by atoms with E-state index in [0.717, 1.165) is 4.90 Å². The van der Waals surface area contributed by atoms with Gasteiger partial charge < -0.3 is 16.0 Å². The van der Waals surface area contributed by atoms with E-state index in [9.17, 15) is 28.9 Å². The second kappa shape index (κ2) is 14.5. The van der Waals surface area contributed by atoms with Gasteiger partial charge in [-0.15, -0.1) is 11.8 Å². The van der Waals surface area contributed by atoms with Crippen molar-refractivity contribution >= 4 is 64.2 Å². The first kappa shape index (κ1) is 31.9. The number of amides is 3. The van der Waals surface area contributed by atoms with E-state index in [1.165, 1.54) is 54.2 Å². The number of hydrogen-bond acceptors (Lipinski definition) is 6. The van der Waals surface area contributed by atoms with Gasteiger partial charge in [0.15, 0.2) is 0 Å². The molecule has 0 spiro atoms. The predicted octanol–water partition coefficient (Wildman–Crippen LogP) is 7.22. The van der Waals surface area contributed by atoms with Crippen molar-refractivity contribution in [1.82, 2.24) is 5.32 Å². The van der Waals surface area contributed by atoms with Crippen LogP contribution in [0.4, 0.5) is 21.5 Å². The lowest BCUT2D eigenvalue weighted by Gasteiger charge is -2.14. The van der Waals surface area contributed by atoms with Gasteiger partial charge in [0.05, 0.1) is 15.2 Å². The maximum Gasteiger partial charge on any atom is 0.272 e. The molecule has 0 bridgehead atoms. The minimum absolute atomic E-state index is 0.0596. The molecule has 0 radical (unpaired) electrons. The van der Waals surface area contributed by atoms with Crippen molar-refractivity contribution in [2.45, 2.75) is 24.0 Å². The summed E-state index contributed by atoms with van der Waals surface area (Å²) in [5.41, 5.74) is 1.38. The standard InChI is InChI=1S/C32H26ClFN4O5S/c1-19-17-23(38(42)43)13-16-28(19)36-30(39)20(2)44-24-14-11-22(12-15-24)35-32(41)29(18-25-26(33)9-6-10-27(25)34)37-31(40)21-7-4-3-5-8-21/h3-18,20H,1-2H3,(H,35,41)(H,36,39)(H,37,40)/b29-18-. The lowest BCUT2D eigenvalue weighted by molar-refractivity contribution is -0.384. The van der Waals surface area contributed by atoms with Crippen LogP contribution in [0.25, 0.3) is 6.08 Å². The van der Waals surface area contributed by atoms with Gasteiger partial charge in [-0.05, 0) is 80.1 Å². The Morgan fingerprint density at radius 1 is 0.955 bits per heavy atom. The fraction of sp³-hybridized carbons (Fsp3) is 0.0938. The number of thioether (sulfide) groups is 1. The van der Waals surface area contributed by atoms with Crippen molar-refractivity contribution in [3.8, 4) is 0 Å². The third-order valence-corrected chi connectivity index (χ3v) is 7.73. The quantitative estimate of drug-likeness (QED) is 0.0732. The van der Waals surface area contributed by atoms with Crippen LogP contribution >= 0.6 is 23.4 Å². The third kappa shape index (κ3) is 8.30. The van der Waals surface area contributed by atoms with Gasteiger partial charge >= 0.3 is 0 Å². The van der Waals surface area contributed by atoms with E-state index in [1.807, 2.05) is 0 Å². The number of nitro benzene ring substituents is 1. The first-order valence-electron chi connectivity index (χ1n) is 13.2. The van der Waals surface area contributed by atoms with Gasteiger partial charge in [-0.2, -0.15) is 0 Å². The molecule has 4 aromatic rings. The summed E-state index contributed by atoms with van der Waals surface area (Å²) in [5, 5.41) is 18.5. The number of nitrogens with one attached hydrogen (secondary N) is 3. The van der Waals surface area contributed by atoms with Crippen LogP contribution < -0.4 is 16.0 Å². The maximum atomic E-state index is 14.5. The molecule has 3 N–H and O–H groups in total. The Kier molecular flexibility index (Phi) is 10.5. The minimum Gasteiger partial charge on any atom is -0.325 e. The summed E-state index contributed by atoms with van der Waals surface area (Å²) in [7, 11) is 0. The number of carbonyl (C=O) groups excluding carboxylic acids is 3. The number of carbonyl (C=O) groups is 3. The van der Waals surface area contributed by atoms with Crippen molar-refractivity contribution in [3.63, 3.8) is 0 Å². The normalized spacial score (nSPS) is 11.8. The summed E-state index contributed by atoms with van der Waals surface area (Å²) < 4.78 is 14.5. The van der Waals surface area contributed by atoms with E-state index in [0.29, 0.717) is 22.5 Å². The molecule has 4 rings (SSSR count). The van der Waals surface area contributed by atoms with Crippen LogP contribution in [-0.4, -0.2) is 27.9 Å². The van der Waals surface area contributed by atoms with Crippen LogP contribution in [0.3, 0.4) is 0 Å². The number of nitrogens with zero attached hydrogens (tertiary/aromatic N) is 1. The highest BCUT2D eigenvalue weighted by atomic mass is 35.5.